The minimum absolute atomic E-state index is 0.121. The molecule has 2 aromatic rings. The van der Waals surface area contributed by atoms with Crippen molar-refractivity contribution >= 4 is 39.4 Å². The van der Waals surface area contributed by atoms with Gasteiger partial charge in [0.15, 0.2) is 5.82 Å². The number of hydrogen-bond donors (Lipinski definition) is 2. The molecule has 9 heteroatoms. The van der Waals surface area contributed by atoms with Crippen molar-refractivity contribution in [1.82, 2.24) is 20.1 Å². The van der Waals surface area contributed by atoms with Gasteiger partial charge in [-0.25, -0.2) is 9.67 Å². The van der Waals surface area contributed by atoms with Crippen LogP contribution in [0.2, 0.25) is 5.02 Å². The Morgan fingerprint density at radius 1 is 1.52 bits per heavy atom. The Bertz CT molecular complexity index is 704. The lowest BCUT2D eigenvalue weighted by molar-refractivity contribution is -0.138. The van der Waals surface area contributed by atoms with Crippen molar-refractivity contribution in [3.63, 3.8) is 0 Å². The monoisotopic (exact) mass is 372 g/mol. The van der Waals surface area contributed by atoms with E-state index in [2.05, 4.69) is 31.3 Å². The largest absolute Gasteiger partial charge is 0.480 e. The van der Waals surface area contributed by atoms with Gasteiger partial charge in [-0.05, 0) is 35.0 Å². The molecule has 0 aliphatic heterocycles. The normalized spacial score (nSPS) is 12.0. The molecule has 0 aliphatic carbocycles. The van der Waals surface area contributed by atoms with Gasteiger partial charge in [0.1, 0.15) is 16.3 Å². The Labute approximate surface area is 133 Å². The van der Waals surface area contributed by atoms with Gasteiger partial charge in [-0.15, -0.1) is 0 Å². The Morgan fingerprint density at radius 2 is 2.24 bits per heavy atom. The number of carbonyl (C=O) groups is 2. The van der Waals surface area contributed by atoms with Crippen LogP contribution < -0.4 is 5.32 Å². The zero-order valence-corrected chi connectivity index (χ0v) is 13.1. The maximum atomic E-state index is 12.2. The number of carboxylic acids is 1. The molecule has 1 amide bonds. The van der Waals surface area contributed by atoms with Crippen LogP contribution in [0, 0.1) is 0 Å². The molecule has 0 aromatic carbocycles. The number of nitrogens with one attached hydrogen (secondary N) is 1. The van der Waals surface area contributed by atoms with Gasteiger partial charge in [0, 0.05) is 12.3 Å². The van der Waals surface area contributed by atoms with Crippen LogP contribution in [-0.2, 0) is 4.79 Å². The molecule has 21 heavy (non-hydrogen) atoms. The molecular weight excluding hydrogens is 364 g/mol. The van der Waals surface area contributed by atoms with E-state index in [9.17, 15) is 9.59 Å². The first kappa shape index (κ1) is 15.5. The Morgan fingerprint density at radius 3 is 2.86 bits per heavy atom. The minimum Gasteiger partial charge on any atom is -0.480 e. The highest BCUT2D eigenvalue weighted by molar-refractivity contribution is 9.10. The number of hydrogen-bond acceptors (Lipinski definition) is 4. The van der Waals surface area contributed by atoms with Gasteiger partial charge in [-0.2, -0.15) is 5.10 Å². The summed E-state index contributed by atoms with van der Waals surface area (Å²) in [5.74, 6) is -1.45. The van der Waals surface area contributed by atoms with E-state index in [0.29, 0.717) is 9.63 Å². The molecule has 0 bridgehead atoms. The third-order valence-electron chi connectivity index (χ3n) is 2.57. The third kappa shape index (κ3) is 3.40. The molecule has 7 nitrogen and oxygen atoms in total. The van der Waals surface area contributed by atoms with Crippen molar-refractivity contribution < 1.29 is 14.7 Å². The average Bonchev–Trinajstić information content (AvgIpc) is 2.81. The summed E-state index contributed by atoms with van der Waals surface area (Å²) in [4.78, 5) is 27.0. The summed E-state index contributed by atoms with van der Waals surface area (Å²) in [5.41, 5.74) is 0.121. The number of nitrogens with zero attached hydrogens (tertiary/aromatic N) is 3. The Hall–Kier alpha value is -1.93. The predicted molar refractivity (Wildman–Crippen MR) is 78.6 cm³/mol. The average molecular weight is 374 g/mol. The van der Waals surface area contributed by atoms with Crippen molar-refractivity contribution in [2.24, 2.45) is 0 Å². The zero-order valence-electron chi connectivity index (χ0n) is 10.7. The number of pyridine rings is 1. The van der Waals surface area contributed by atoms with Crippen LogP contribution in [0.3, 0.4) is 0 Å². The molecule has 2 N–H and O–H groups in total. The fourth-order valence-corrected chi connectivity index (χ4v) is 2.12. The molecule has 2 heterocycles. The summed E-state index contributed by atoms with van der Waals surface area (Å²) in [7, 11) is 0. The minimum atomic E-state index is -1.13. The van der Waals surface area contributed by atoms with Crippen molar-refractivity contribution in [2.75, 3.05) is 0 Å². The number of aromatic nitrogens is 3. The lowest BCUT2D eigenvalue weighted by Crippen LogP contribution is -2.39. The first-order chi connectivity index (χ1) is 9.90. The highest BCUT2D eigenvalue weighted by atomic mass is 79.9. The van der Waals surface area contributed by atoms with E-state index in [4.69, 9.17) is 16.7 Å². The molecule has 0 aliphatic rings. The molecule has 0 saturated carbocycles. The standard InChI is InChI=1S/C12H10BrClN4O3/c1-6(12(20)21)16-11(19)8-5-9(13)17-18(8)10-7(14)3-2-4-15-10/h2-6H,1H3,(H,16,19)(H,20,21). The van der Waals surface area contributed by atoms with Gasteiger partial charge >= 0.3 is 5.97 Å². The molecule has 2 aromatic heterocycles. The van der Waals surface area contributed by atoms with Crippen LogP contribution in [0.1, 0.15) is 17.4 Å². The second-order valence-electron chi connectivity index (χ2n) is 4.11. The maximum absolute atomic E-state index is 12.2. The van der Waals surface area contributed by atoms with E-state index in [-0.39, 0.29) is 11.5 Å². The highest BCUT2D eigenvalue weighted by Crippen LogP contribution is 2.21. The molecular formula is C12H10BrClN4O3. The van der Waals surface area contributed by atoms with Crippen LogP contribution in [0.25, 0.3) is 5.82 Å². The smallest absolute Gasteiger partial charge is 0.325 e. The Balaban J connectivity index is 2.40. The number of halogens is 2. The second kappa shape index (κ2) is 6.23. The molecule has 110 valence electrons. The fraction of sp³-hybridized carbons (Fsp3) is 0.167. The summed E-state index contributed by atoms with van der Waals surface area (Å²) in [6, 6.07) is 3.69. The summed E-state index contributed by atoms with van der Waals surface area (Å²) in [6.45, 7) is 1.36. The SMILES string of the molecule is CC(NC(=O)c1cc(Br)nn1-c1ncccc1Cl)C(=O)O. The topological polar surface area (TPSA) is 97.1 Å². The van der Waals surface area contributed by atoms with Gasteiger partial charge in [0.25, 0.3) is 5.91 Å². The molecule has 0 spiro atoms. The van der Waals surface area contributed by atoms with E-state index in [1.54, 1.807) is 12.1 Å². The Kier molecular flexibility index (Phi) is 4.59. The molecule has 2 rings (SSSR count). The quantitative estimate of drug-likeness (QED) is 0.853. The summed E-state index contributed by atoms with van der Waals surface area (Å²) in [5, 5.41) is 15.6. The second-order valence-corrected chi connectivity index (χ2v) is 5.33. The first-order valence-corrected chi connectivity index (χ1v) is 6.97. The number of amides is 1. The van der Waals surface area contributed by atoms with Crippen LogP contribution in [0.5, 0.6) is 0 Å². The number of rotatable bonds is 4. The van der Waals surface area contributed by atoms with Gasteiger partial charge in [0.2, 0.25) is 0 Å². The number of carboxylic acid groups (broad SMARTS) is 1. The van der Waals surface area contributed by atoms with Gasteiger partial charge in [-0.1, -0.05) is 11.6 Å². The molecule has 0 radical (unpaired) electrons. The van der Waals surface area contributed by atoms with Crippen molar-refractivity contribution in [2.45, 2.75) is 13.0 Å². The first-order valence-electron chi connectivity index (χ1n) is 5.80. The van der Waals surface area contributed by atoms with Gasteiger partial charge in [-0.3, -0.25) is 9.59 Å². The van der Waals surface area contributed by atoms with Crippen LogP contribution in [0.15, 0.2) is 29.0 Å². The van der Waals surface area contributed by atoms with Gasteiger partial charge < -0.3 is 10.4 Å². The third-order valence-corrected chi connectivity index (χ3v) is 3.25. The van der Waals surface area contributed by atoms with E-state index in [1.807, 2.05) is 0 Å². The fourth-order valence-electron chi connectivity index (χ4n) is 1.54. The van der Waals surface area contributed by atoms with Crippen molar-refractivity contribution in [3.8, 4) is 5.82 Å². The molecule has 1 unspecified atom stereocenters. The number of carbonyl (C=O) groups excluding carboxylic acids is 1. The zero-order chi connectivity index (χ0) is 15.6. The van der Waals surface area contributed by atoms with E-state index in [0.717, 1.165) is 0 Å². The summed E-state index contributed by atoms with van der Waals surface area (Å²) < 4.78 is 1.65. The van der Waals surface area contributed by atoms with Crippen molar-refractivity contribution in [1.29, 1.82) is 0 Å². The van der Waals surface area contributed by atoms with E-state index >= 15 is 0 Å². The maximum Gasteiger partial charge on any atom is 0.325 e. The summed E-state index contributed by atoms with van der Waals surface area (Å²) >= 11 is 9.21. The molecule has 1 atom stereocenters. The predicted octanol–water partition coefficient (Wildman–Crippen LogP) is 1.89. The van der Waals surface area contributed by atoms with Crippen molar-refractivity contribution in [3.05, 3.63) is 39.7 Å². The lowest BCUT2D eigenvalue weighted by atomic mass is 10.3. The van der Waals surface area contributed by atoms with Crippen LogP contribution in [0.4, 0.5) is 0 Å². The van der Waals surface area contributed by atoms with Crippen LogP contribution >= 0.6 is 27.5 Å². The molecule has 0 fully saturated rings. The van der Waals surface area contributed by atoms with Gasteiger partial charge in [0.05, 0.1) is 5.02 Å². The van der Waals surface area contributed by atoms with E-state index in [1.165, 1.54) is 23.9 Å². The summed E-state index contributed by atoms with van der Waals surface area (Å²) in [6.07, 6.45) is 1.51. The molecule has 0 saturated heterocycles. The highest BCUT2D eigenvalue weighted by Gasteiger charge is 2.21. The van der Waals surface area contributed by atoms with Crippen LogP contribution in [-0.4, -0.2) is 37.8 Å². The van der Waals surface area contributed by atoms with E-state index < -0.39 is 17.9 Å². The lowest BCUT2D eigenvalue weighted by Gasteiger charge is -2.11. The number of aliphatic carboxylic acids is 1.